The van der Waals surface area contributed by atoms with Crippen LogP contribution in [0.2, 0.25) is 0 Å². The molecule has 2 heteroatoms. The maximum absolute atomic E-state index is 12.0. The lowest BCUT2D eigenvalue weighted by Gasteiger charge is -2.43. The Hall–Kier alpha value is -1.96. The number of hydrogen-bond acceptors (Lipinski definition) is 2. The fourth-order valence-electron chi connectivity index (χ4n) is 7.84. The summed E-state index contributed by atoms with van der Waals surface area (Å²) in [7, 11) is 0. The molecule has 41 heavy (non-hydrogen) atoms. The van der Waals surface area contributed by atoms with Gasteiger partial charge in [-0.3, -0.25) is 0 Å². The first-order valence-electron chi connectivity index (χ1n) is 16.5. The highest BCUT2D eigenvalue weighted by Crippen LogP contribution is 2.56. The zero-order valence-electron chi connectivity index (χ0n) is 30.0. The topological polar surface area (TPSA) is 40.5 Å². The maximum atomic E-state index is 12.0. The van der Waals surface area contributed by atoms with Crippen LogP contribution in [0.5, 0.6) is 11.5 Å². The zero-order valence-corrected chi connectivity index (χ0v) is 30.0. The molecule has 0 aromatic heterocycles. The standard InChI is InChI=1S/C39H64O2/c1-19(2)27-31(23(9)10)37(40)32(24(11)12)28(20(3)4)35(27)39(17,18)36-29(21(5)6)33(25(13)14)38(41)34(26(15)16)30(36)22(7)8/h19-26,40-41H,1-18H3. The van der Waals surface area contributed by atoms with Gasteiger partial charge < -0.3 is 10.2 Å². The summed E-state index contributed by atoms with van der Waals surface area (Å²) in [6.07, 6.45) is 0. The third-order valence-corrected chi connectivity index (χ3v) is 9.13. The summed E-state index contributed by atoms with van der Waals surface area (Å²) in [5, 5.41) is 23.9. The maximum Gasteiger partial charge on any atom is 0.123 e. The molecule has 2 aromatic carbocycles. The normalized spacial score (nSPS) is 13.1. The van der Waals surface area contributed by atoms with E-state index in [2.05, 4.69) is 125 Å². The van der Waals surface area contributed by atoms with Crippen molar-refractivity contribution in [3.05, 3.63) is 55.6 Å². The van der Waals surface area contributed by atoms with Crippen LogP contribution in [0.1, 0.15) is 228 Å². The van der Waals surface area contributed by atoms with Crippen LogP contribution in [0.4, 0.5) is 0 Å². The fourth-order valence-corrected chi connectivity index (χ4v) is 7.84. The van der Waals surface area contributed by atoms with Crippen molar-refractivity contribution in [3.63, 3.8) is 0 Å². The number of aromatic hydroxyl groups is 2. The molecule has 0 saturated heterocycles. The first-order valence-corrected chi connectivity index (χ1v) is 16.5. The van der Waals surface area contributed by atoms with Gasteiger partial charge in [-0.15, -0.1) is 0 Å². The average molecular weight is 565 g/mol. The van der Waals surface area contributed by atoms with Gasteiger partial charge in [-0.25, -0.2) is 0 Å². The lowest BCUT2D eigenvalue weighted by molar-refractivity contribution is 0.442. The van der Waals surface area contributed by atoms with Gasteiger partial charge in [0.1, 0.15) is 11.5 Å². The highest BCUT2D eigenvalue weighted by atomic mass is 16.3. The van der Waals surface area contributed by atoms with Crippen molar-refractivity contribution in [2.75, 3.05) is 0 Å². The van der Waals surface area contributed by atoms with Gasteiger partial charge >= 0.3 is 0 Å². The molecule has 2 N–H and O–H groups in total. The molecule has 0 aliphatic rings. The minimum atomic E-state index is -0.361. The van der Waals surface area contributed by atoms with Crippen molar-refractivity contribution in [2.45, 2.75) is 177 Å². The van der Waals surface area contributed by atoms with Crippen molar-refractivity contribution >= 4 is 0 Å². The van der Waals surface area contributed by atoms with E-state index in [1.807, 2.05) is 0 Å². The molecular formula is C39H64O2. The van der Waals surface area contributed by atoms with Gasteiger partial charge in [-0.2, -0.15) is 0 Å². The van der Waals surface area contributed by atoms with Crippen molar-refractivity contribution < 1.29 is 10.2 Å². The molecule has 0 bridgehead atoms. The van der Waals surface area contributed by atoms with E-state index in [0.29, 0.717) is 11.5 Å². The first-order chi connectivity index (χ1) is 18.6. The number of benzene rings is 2. The van der Waals surface area contributed by atoms with E-state index in [4.69, 9.17) is 0 Å². The van der Waals surface area contributed by atoms with E-state index in [0.717, 1.165) is 22.3 Å². The highest BCUT2D eigenvalue weighted by Gasteiger charge is 2.42. The Kier molecular flexibility index (Phi) is 10.9. The molecule has 0 radical (unpaired) electrons. The van der Waals surface area contributed by atoms with E-state index in [-0.39, 0.29) is 52.8 Å². The molecule has 0 aliphatic carbocycles. The summed E-state index contributed by atoms with van der Waals surface area (Å²) in [5.41, 5.74) is 12.1. The van der Waals surface area contributed by atoms with Gasteiger partial charge in [0.2, 0.25) is 0 Å². The van der Waals surface area contributed by atoms with Gasteiger partial charge in [0.05, 0.1) is 0 Å². The van der Waals surface area contributed by atoms with Crippen LogP contribution < -0.4 is 0 Å². The zero-order chi connectivity index (χ0) is 32.0. The third-order valence-electron chi connectivity index (χ3n) is 9.13. The lowest BCUT2D eigenvalue weighted by atomic mass is 9.61. The van der Waals surface area contributed by atoms with Crippen LogP contribution in [0.3, 0.4) is 0 Å². The Morgan fingerprint density at radius 2 is 0.463 bits per heavy atom. The quantitative estimate of drug-likeness (QED) is 0.301. The van der Waals surface area contributed by atoms with Gasteiger partial charge in [0, 0.05) is 27.7 Å². The number of rotatable bonds is 10. The Morgan fingerprint density at radius 3 is 0.585 bits per heavy atom. The molecule has 2 rings (SSSR count). The molecule has 0 atom stereocenters. The molecular weight excluding hydrogens is 500 g/mol. The monoisotopic (exact) mass is 564 g/mol. The number of hydrogen-bond donors (Lipinski definition) is 2. The van der Waals surface area contributed by atoms with Crippen LogP contribution in [0.25, 0.3) is 0 Å². The summed E-state index contributed by atoms with van der Waals surface area (Å²) in [5.74, 6) is 2.83. The van der Waals surface area contributed by atoms with Crippen molar-refractivity contribution in [1.82, 2.24) is 0 Å². The largest absolute Gasteiger partial charge is 0.507 e. The minimum absolute atomic E-state index is 0.201. The molecule has 0 amide bonds. The Morgan fingerprint density at radius 1 is 0.317 bits per heavy atom. The summed E-state index contributed by atoms with van der Waals surface area (Å²) in [6, 6.07) is 0. The van der Waals surface area contributed by atoms with Crippen molar-refractivity contribution in [1.29, 1.82) is 0 Å². The highest BCUT2D eigenvalue weighted by molar-refractivity contribution is 5.68. The molecule has 0 unspecified atom stereocenters. The molecule has 2 nitrogen and oxygen atoms in total. The number of phenols is 2. The van der Waals surface area contributed by atoms with Crippen molar-refractivity contribution in [2.24, 2.45) is 0 Å². The summed E-state index contributed by atoms with van der Waals surface area (Å²) >= 11 is 0. The second-order valence-electron chi connectivity index (χ2n) is 15.6. The molecule has 2 aromatic rings. The SMILES string of the molecule is CC(C)c1c(O)c(C(C)C)c(C(C)C)c(C(C)(C)c2c(C(C)C)c(C(C)C)c(O)c(C(C)C)c2C(C)C)c1C(C)C. The van der Waals surface area contributed by atoms with E-state index in [1.165, 1.54) is 33.4 Å². The molecule has 0 fully saturated rings. The lowest BCUT2D eigenvalue weighted by Crippen LogP contribution is -2.31. The molecule has 0 aliphatic heterocycles. The first kappa shape index (κ1) is 35.2. The van der Waals surface area contributed by atoms with Gasteiger partial charge in [-0.1, -0.05) is 125 Å². The van der Waals surface area contributed by atoms with E-state index < -0.39 is 0 Å². The van der Waals surface area contributed by atoms with E-state index >= 15 is 0 Å². The second-order valence-corrected chi connectivity index (χ2v) is 15.6. The van der Waals surface area contributed by atoms with Crippen molar-refractivity contribution in [3.8, 4) is 11.5 Å². The average Bonchev–Trinajstić information content (AvgIpc) is 2.80. The van der Waals surface area contributed by atoms with Crippen LogP contribution in [-0.2, 0) is 5.41 Å². The Labute approximate surface area is 254 Å². The Balaban J connectivity index is 3.55. The van der Waals surface area contributed by atoms with Gasteiger partial charge in [0.15, 0.2) is 0 Å². The molecule has 0 spiro atoms. The minimum Gasteiger partial charge on any atom is -0.507 e. The van der Waals surface area contributed by atoms with Gasteiger partial charge in [0.25, 0.3) is 0 Å². The van der Waals surface area contributed by atoms with E-state index in [9.17, 15) is 10.2 Å². The molecule has 0 saturated carbocycles. The fraction of sp³-hybridized carbons (Fsp3) is 0.692. The Bertz CT molecular complexity index is 1060. The number of phenolic OH excluding ortho intramolecular Hbond substituents is 2. The van der Waals surface area contributed by atoms with Crippen LogP contribution >= 0.6 is 0 Å². The predicted octanol–water partition coefficient (Wildman–Crippen LogP) is 12.4. The summed E-state index contributed by atoms with van der Waals surface area (Å²) in [4.78, 5) is 0. The smallest absolute Gasteiger partial charge is 0.123 e. The van der Waals surface area contributed by atoms with Crippen LogP contribution in [-0.4, -0.2) is 10.2 Å². The summed E-state index contributed by atoms with van der Waals surface area (Å²) < 4.78 is 0. The third kappa shape index (κ3) is 6.09. The van der Waals surface area contributed by atoms with Crippen LogP contribution in [0.15, 0.2) is 0 Å². The molecule has 232 valence electrons. The molecule has 0 heterocycles. The predicted molar refractivity (Wildman–Crippen MR) is 181 cm³/mol. The van der Waals surface area contributed by atoms with E-state index in [1.54, 1.807) is 0 Å². The second kappa shape index (κ2) is 12.7. The van der Waals surface area contributed by atoms with Gasteiger partial charge in [-0.05, 0) is 80.7 Å². The summed E-state index contributed by atoms with van der Waals surface area (Å²) in [6.45, 7) is 41.0. The van der Waals surface area contributed by atoms with Crippen LogP contribution in [0, 0.1) is 0 Å².